The summed E-state index contributed by atoms with van der Waals surface area (Å²) in [5.74, 6) is 0.498. The lowest BCUT2D eigenvalue weighted by atomic mass is 9.88. The van der Waals surface area contributed by atoms with Crippen LogP contribution >= 0.6 is 23.1 Å². The van der Waals surface area contributed by atoms with Crippen LogP contribution in [0, 0.1) is 0 Å². The topological polar surface area (TPSA) is 105 Å². The SMILES string of the molecule is CSc1sc(C(=O)N2CCC(c3cccc(CN)c3)CC2)cc1NC(=O)NC1CCC1=O. The quantitative estimate of drug-likeness (QED) is 0.555. The van der Waals surface area contributed by atoms with Gasteiger partial charge in [-0.05, 0) is 48.6 Å². The average Bonchev–Trinajstić information content (AvgIpc) is 3.23. The van der Waals surface area contributed by atoms with Gasteiger partial charge in [0.15, 0.2) is 5.78 Å². The molecule has 1 saturated carbocycles. The molecule has 7 nitrogen and oxygen atoms in total. The lowest BCUT2D eigenvalue weighted by Gasteiger charge is -2.32. The summed E-state index contributed by atoms with van der Waals surface area (Å²) in [4.78, 5) is 39.3. The molecule has 1 aromatic heterocycles. The molecule has 0 radical (unpaired) electrons. The van der Waals surface area contributed by atoms with Crippen molar-refractivity contribution in [3.63, 3.8) is 0 Å². The van der Waals surface area contributed by atoms with Crippen LogP contribution in [-0.4, -0.2) is 48.0 Å². The molecular weight excluding hydrogens is 444 g/mol. The highest BCUT2D eigenvalue weighted by atomic mass is 32.2. The number of amides is 3. The van der Waals surface area contributed by atoms with E-state index in [2.05, 4.69) is 28.8 Å². The molecule has 1 aliphatic carbocycles. The van der Waals surface area contributed by atoms with Crippen molar-refractivity contribution in [1.29, 1.82) is 0 Å². The molecule has 9 heteroatoms. The smallest absolute Gasteiger partial charge is 0.319 e. The highest BCUT2D eigenvalue weighted by Gasteiger charge is 2.30. The Morgan fingerprint density at radius 2 is 2.00 bits per heavy atom. The Morgan fingerprint density at radius 3 is 2.62 bits per heavy atom. The first kappa shape index (κ1) is 22.8. The first-order valence-electron chi connectivity index (χ1n) is 10.8. The van der Waals surface area contributed by atoms with Crippen molar-refractivity contribution < 1.29 is 14.4 Å². The molecular formula is C23H28N4O3S2. The molecule has 1 aromatic carbocycles. The minimum absolute atomic E-state index is 0.00193. The minimum Gasteiger partial charge on any atom is -0.338 e. The van der Waals surface area contributed by atoms with Crippen LogP contribution in [0.5, 0.6) is 0 Å². The molecule has 1 aliphatic heterocycles. The van der Waals surface area contributed by atoms with Gasteiger partial charge in [0.25, 0.3) is 5.91 Å². The number of nitrogens with zero attached hydrogens (tertiary/aromatic N) is 1. The van der Waals surface area contributed by atoms with Crippen LogP contribution in [0.3, 0.4) is 0 Å². The molecule has 4 rings (SSSR count). The lowest BCUT2D eigenvalue weighted by molar-refractivity contribution is -0.126. The van der Waals surface area contributed by atoms with Crippen molar-refractivity contribution in [2.24, 2.45) is 5.73 Å². The fraction of sp³-hybridized carbons (Fsp3) is 0.435. The molecule has 32 heavy (non-hydrogen) atoms. The molecule has 1 saturated heterocycles. The van der Waals surface area contributed by atoms with Crippen molar-refractivity contribution in [3.05, 3.63) is 46.3 Å². The summed E-state index contributed by atoms with van der Waals surface area (Å²) in [5, 5.41) is 5.49. The fourth-order valence-corrected chi connectivity index (χ4v) is 5.89. The number of benzene rings is 1. The Bertz CT molecular complexity index is 1010. The van der Waals surface area contributed by atoms with Gasteiger partial charge in [-0.25, -0.2) is 4.79 Å². The molecule has 0 spiro atoms. The second kappa shape index (κ2) is 10.1. The molecule has 2 aromatic rings. The predicted octanol–water partition coefficient (Wildman–Crippen LogP) is 3.80. The van der Waals surface area contributed by atoms with Crippen LogP contribution in [-0.2, 0) is 11.3 Å². The highest BCUT2D eigenvalue weighted by molar-refractivity contribution is 8.00. The van der Waals surface area contributed by atoms with Crippen molar-refractivity contribution in [3.8, 4) is 0 Å². The van der Waals surface area contributed by atoms with Gasteiger partial charge < -0.3 is 21.3 Å². The molecule has 4 N–H and O–H groups in total. The summed E-state index contributed by atoms with van der Waals surface area (Å²) in [6.45, 7) is 1.94. The monoisotopic (exact) mass is 472 g/mol. The van der Waals surface area contributed by atoms with Gasteiger partial charge in [0.2, 0.25) is 0 Å². The van der Waals surface area contributed by atoms with Crippen molar-refractivity contribution in [1.82, 2.24) is 10.2 Å². The van der Waals surface area contributed by atoms with Gasteiger partial charge in [0, 0.05) is 26.1 Å². The van der Waals surface area contributed by atoms with E-state index in [1.807, 2.05) is 17.2 Å². The third-order valence-electron chi connectivity index (χ3n) is 6.16. The van der Waals surface area contributed by atoms with Gasteiger partial charge in [-0.2, -0.15) is 0 Å². The van der Waals surface area contributed by atoms with Gasteiger partial charge in [-0.3, -0.25) is 9.59 Å². The summed E-state index contributed by atoms with van der Waals surface area (Å²) in [6.07, 6.45) is 4.96. The summed E-state index contributed by atoms with van der Waals surface area (Å²) in [7, 11) is 0. The number of anilines is 1. The summed E-state index contributed by atoms with van der Waals surface area (Å²) >= 11 is 2.88. The van der Waals surface area contributed by atoms with Crippen LogP contribution in [0.4, 0.5) is 10.5 Å². The van der Waals surface area contributed by atoms with E-state index >= 15 is 0 Å². The van der Waals surface area contributed by atoms with Crippen LogP contribution in [0.2, 0.25) is 0 Å². The maximum Gasteiger partial charge on any atom is 0.319 e. The Balaban J connectivity index is 1.37. The second-order valence-corrected chi connectivity index (χ2v) is 10.3. The number of carbonyl (C=O) groups excluding carboxylic acids is 3. The summed E-state index contributed by atoms with van der Waals surface area (Å²) in [6, 6.07) is 9.36. The average molecular weight is 473 g/mol. The number of nitrogens with one attached hydrogen (secondary N) is 2. The number of thiophene rings is 1. The predicted molar refractivity (Wildman–Crippen MR) is 128 cm³/mol. The number of nitrogens with two attached hydrogens (primary N) is 1. The maximum atomic E-state index is 13.1. The number of hydrogen-bond acceptors (Lipinski definition) is 6. The van der Waals surface area contributed by atoms with Gasteiger partial charge in [-0.15, -0.1) is 23.1 Å². The van der Waals surface area contributed by atoms with E-state index < -0.39 is 6.03 Å². The third-order valence-corrected chi connectivity index (χ3v) is 8.41. The van der Waals surface area contributed by atoms with Gasteiger partial charge in [-0.1, -0.05) is 24.3 Å². The second-order valence-electron chi connectivity index (χ2n) is 8.19. The molecule has 2 heterocycles. The number of Topliss-reactive ketones (excluding diaryl/α,β-unsaturated/α-hetero) is 1. The number of piperidine rings is 1. The largest absolute Gasteiger partial charge is 0.338 e. The Labute approximate surface area is 196 Å². The summed E-state index contributed by atoms with van der Waals surface area (Å²) < 4.78 is 0.872. The Kier molecular flexibility index (Phi) is 7.17. The van der Waals surface area contributed by atoms with E-state index in [1.165, 1.54) is 28.7 Å². The van der Waals surface area contributed by atoms with Crippen LogP contribution in [0.25, 0.3) is 0 Å². The molecule has 3 amide bonds. The molecule has 0 bridgehead atoms. The van der Waals surface area contributed by atoms with Gasteiger partial charge in [0.05, 0.1) is 20.8 Å². The fourth-order valence-electron chi connectivity index (χ4n) is 4.14. The number of likely N-dealkylation sites (tertiary alicyclic amines) is 1. The third kappa shape index (κ3) is 5.00. The normalized spacial score (nSPS) is 18.9. The number of urea groups is 1. The zero-order valence-electron chi connectivity index (χ0n) is 18.1. The van der Waals surface area contributed by atoms with Crippen LogP contribution in [0.1, 0.15) is 52.4 Å². The maximum absolute atomic E-state index is 13.1. The number of thioether (sulfide) groups is 1. The first-order chi connectivity index (χ1) is 15.5. The molecule has 170 valence electrons. The zero-order chi connectivity index (χ0) is 22.7. The molecule has 1 unspecified atom stereocenters. The molecule has 1 atom stereocenters. The van der Waals surface area contributed by atoms with Gasteiger partial charge >= 0.3 is 6.03 Å². The zero-order valence-corrected chi connectivity index (χ0v) is 19.7. The lowest BCUT2D eigenvalue weighted by Crippen LogP contribution is -2.48. The van der Waals surface area contributed by atoms with Crippen LogP contribution in [0.15, 0.2) is 34.5 Å². The number of rotatable bonds is 6. The van der Waals surface area contributed by atoms with E-state index in [4.69, 9.17) is 5.73 Å². The first-order valence-corrected chi connectivity index (χ1v) is 12.9. The van der Waals surface area contributed by atoms with E-state index in [9.17, 15) is 14.4 Å². The minimum atomic E-state index is -0.407. The number of carbonyl (C=O) groups is 3. The Morgan fingerprint density at radius 1 is 1.22 bits per heavy atom. The molecule has 2 fully saturated rings. The van der Waals surface area contributed by atoms with E-state index in [1.54, 1.807) is 6.07 Å². The van der Waals surface area contributed by atoms with Gasteiger partial charge in [0.1, 0.15) is 0 Å². The highest BCUT2D eigenvalue weighted by Crippen LogP contribution is 2.36. The van der Waals surface area contributed by atoms with Crippen LogP contribution < -0.4 is 16.4 Å². The van der Waals surface area contributed by atoms with E-state index in [-0.39, 0.29) is 17.7 Å². The Hall–Kier alpha value is -2.36. The molecule has 2 aliphatic rings. The van der Waals surface area contributed by atoms with Crippen molar-refractivity contribution in [2.45, 2.75) is 48.4 Å². The van der Waals surface area contributed by atoms with E-state index in [0.717, 1.165) is 22.6 Å². The van der Waals surface area contributed by atoms with E-state index in [0.29, 0.717) is 49.0 Å². The standard InChI is InChI=1S/C23H28N4O3S2/c1-31-22-18(26-23(30)25-17-5-6-19(17)28)12-20(32-22)21(29)27-9-7-15(8-10-27)16-4-2-3-14(11-16)13-24/h2-4,11-12,15,17H,5-10,13,24H2,1H3,(H2,25,26,30). The van der Waals surface area contributed by atoms with Crippen molar-refractivity contribution >= 4 is 46.5 Å². The van der Waals surface area contributed by atoms with Crippen molar-refractivity contribution in [2.75, 3.05) is 24.7 Å². The number of ketones is 1. The number of hydrogen-bond donors (Lipinski definition) is 3. The summed E-state index contributed by atoms with van der Waals surface area (Å²) in [5.41, 5.74) is 8.81.